The first-order chi connectivity index (χ1) is 9.42. The second kappa shape index (κ2) is 7.66. The average molecular weight is 387 g/mol. The van der Waals surface area contributed by atoms with Gasteiger partial charge in [0.1, 0.15) is 5.82 Å². The molecule has 0 unspecified atom stereocenters. The maximum Gasteiger partial charge on any atom is 0.191 e. The van der Waals surface area contributed by atoms with E-state index in [1.807, 2.05) is 6.20 Å². The molecule has 3 rings (SSSR count). The van der Waals surface area contributed by atoms with E-state index >= 15 is 0 Å². The minimum absolute atomic E-state index is 0. The van der Waals surface area contributed by atoms with Crippen molar-refractivity contribution in [3.8, 4) is 0 Å². The highest BCUT2D eigenvalue weighted by Gasteiger charge is 2.13. The summed E-state index contributed by atoms with van der Waals surface area (Å²) in [6, 6.07) is 4.25. The van der Waals surface area contributed by atoms with Gasteiger partial charge in [-0.3, -0.25) is 4.99 Å². The van der Waals surface area contributed by atoms with Crippen LogP contribution in [0.1, 0.15) is 24.8 Å². The SMILES string of the molecule is I.c1cc(CNC2=NCCCN2)cc(N2CCCC2)n1. The van der Waals surface area contributed by atoms with E-state index in [1.165, 1.54) is 18.4 Å². The number of pyridine rings is 1. The summed E-state index contributed by atoms with van der Waals surface area (Å²) in [6.07, 6.45) is 5.59. The Morgan fingerprint density at radius 3 is 2.85 bits per heavy atom. The van der Waals surface area contributed by atoms with Crippen molar-refractivity contribution in [1.82, 2.24) is 15.6 Å². The molecule has 20 heavy (non-hydrogen) atoms. The molecule has 1 saturated heterocycles. The Labute approximate surface area is 137 Å². The summed E-state index contributed by atoms with van der Waals surface area (Å²) in [5.41, 5.74) is 1.26. The molecule has 0 bridgehead atoms. The molecule has 1 aromatic heterocycles. The number of halogens is 1. The van der Waals surface area contributed by atoms with Gasteiger partial charge >= 0.3 is 0 Å². The lowest BCUT2D eigenvalue weighted by molar-refractivity contribution is 0.702. The van der Waals surface area contributed by atoms with Gasteiger partial charge in [0, 0.05) is 38.9 Å². The Bertz CT molecular complexity index is 457. The van der Waals surface area contributed by atoms with Crippen molar-refractivity contribution in [3.63, 3.8) is 0 Å². The second-order valence-corrected chi connectivity index (χ2v) is 5.08. The van der Waals surface area contributed by atoms with Gasteiger partial charge in [0.05, 0.1) is 0 Å². The van der Waals surface area contributed by atoms with Crippen LogP contribution < -0.4 is 15.5 Å². The fourth-order valence-corrected chi connectivity index (χ4v) is 2.53. The van der Waals surface area contributed by atoms with E-state index in [0.717, 1.165) is 50.9 Å². The van der Waals surface area contributed by atoms with Crippen LogP contribution in [0.3, 0.4) is 0 Å². The number of guanidine groups is 1. The smallest absolute Gasteiger partial charge is 0.191 e. The summed E-state index contributed by atoms with van der Waals surface area (Å²) in [5.74, 6) is 2.03. The number of hydrogen-bond acceptors (Lipinski definition) is 5. The van der Waals surface area contributed by atoms with E-state index in [-0.39, 0.29) is 24.0 Å². The van der Waals surface area contributed by atoms with Crippen molar-refractivity contribution in [1.29, 1.82) is 0 Å². The van der Waals surface area contributed by atoms with Crippen LogP contribution in [0.15, 0.2) is 23.3 Å². The fraction of sp³-hybridized carbons (Fsp3) is 0.571. The second-order valence-electron chi connectivity index (χ2n) is 5.08. The van der Waals surface area contributed by atoms with Crippen LogP contribution in [0.5, 0.6) is 0 Å². The van der Waals surface area contributed by atoms with Crippen molar-refractivity contribution in [2.45, 2.75) is 25.8 Å². The van der Waals surface area contributed by atoms with Crippen molar-refractivity contribution >= 4 is 35.8 Å². The van der Waals surface area contributed by atoms with E-state index in [4.69, 9.17) is 0 Å². The standard InChI is InChI=1S/C14H21N5.HI/c1-2-9-19(8-1)13-10-12(4-7-15-13)11-18-14-16-5-3-6-17-14;/h4,7,10H,1-3,5-6,8-9,11H2,(H2,16,17,18);1H. The first-order valence-electron chi connectivity index (χ1n) is 7.14. The van der Waals surface area contributed by atoms with Gasteiger partial charge < -0.3 is 15.5 Å². The van der Waals surface area contributed by atoms with Gasteiger partial charge in [-0.25, -0.2) is 4.98 Å². The van der Waals surface area contributed by atoms with Crippen LogP contribution in [0.4, 0.5) is 5.82 Å². The third-order valence-electron chi connectivity index (χ3n) is 3.60. The van der Waals surface area contributed by atoms with E-state index in [1.54, 1.807) is 0 Å². The predicted octanol–water partition coefficient (Wildman–Crippen LogP) is 1.74. The Morgan fingerprint density at radius 2 is 2.10 bits per heavy atom. The van der Waals surface area contributed by atoms with Crippen molar-refractivity contribution in [2.75, 3.05) is 31.1 Å². The van der Waals surface area contributed by atoms with Gasteiger partial charge in [-0.2, -0.15) is 0 Å². The number of aliphatic imine (C=N–C) groups is 1. The van der Waals surface area contributed by atoms with Gasteiger partial charge in [-0.05, 0) is 37.0 Å². The number of aromatic nitrogens is 1. The highest BCUT2D eigenvalue weighted by Crippen LogP contribution is 2.18. The summed E-state index contributed by atoms with van der Waals surface area (Å²) >= 11 is 0. The Balaban J connectivity index is 0.00000147. The molecule has 0 amide bonds. The molecule has 2 aliphatic heterocycles. The maximum atomic E-state index is 4.47. The molecule has 110 valence electrons. The molecule has 2 N–H and O–H groups in total. The number of rotatable bonds is 3. The monoisotopic (exact) mass is 387 g/mol. The molecule has 0 atom stereocenters. The quantitative estimate of drug-likeness (QED) is 0.776. The first kappa shape index (κ1) is 15.3. The average Bonchev–Trinajstić information content (AvgIpc) is 3.01. The van der Waals surface area contributed by atoms with Gasteiger partial charge in [0.2, 0.25) is 0 Å². The zero-order valence-corrected chi connectivity index (χ0v) is 14.0. The molecular formula is C14H22IN5. The summed E-state index contributed by atoms with van der Waals surface area (Å²) in [6.45, 7) is 5.01. The summed E-state index contributed by atoms with van der Waals surface area (Å²) in [7, 11) is 0. The van der Waals surface area contributed by atoms with Gasteiger partial charge in [0.15, 0.2) is 5.96 Å². The summed E-state index contributed by atoms with van der Waals surface area (Å²) < 4.78 is 0. The number of anilines is 1. The lowest BCUT2D eigenvalue weighted by Gasteiger charge is -2.18. The van der Waals surface area contributed by atoms with Crippen molar-refractivity contribution < 1.29 is 0 Å². The van der Waals surface area contributed by atoms with Crippen molar-refractivity contribution in [2.24, 2.45) is 4.99 Å². The highest BCUT2D eigenvalue weighted by atomic mass is 127. The maximum absolute atomic E-state index is 4.47. The predicted molar refractivity (Wildman–Crippen MR) is 92.9 cm³/mol. The molecule has 2 aliphatic rings. The molecule has 0 spiro atoms. The lowest BCUT2D eigenvalue weighted by Crippen LogP contribution is -2.40. The third-order valence-corrected chi connectivity index (χ3v) is 3.60. The molecule has 0 radical (unpaired) electrons. The van der Waals surface area contributed by atoms with Gasteiger partial charge in [0.25, 0.3) is 0 Å². The zero-order chi connectivity index (χ0) is 12.9. The van der Waals surface area contributed by atoms with Crippen LogP contribution in [0.25, 0.3) is 0 Å². The molecule has 1 aromatic rings. The normalized spacial score (nSPS) is 18.0. The molecule has 0 aromatic carbocycles. The summed E-state index contributed by atoms with van der Waals surface area (Å²) in [4.78, 5) is 11.2. The summed E-state index contributed by atoms with van der Waals surface area (Å²) in [5, 5.41) is 6.62. The Morgan fingerprint density at radius 1 is 1.25 bits per heavy atom. The molecule has 6 heteroatoms. The first-order valence-corrected chi connectivity index (χ1v) is 7.14. The van der Waals surface area contributed by atoms with Gasteiger partial charge in [-0.15, -0.1) is 24.0 Å². The van der Waals surface area contributed by atoms with Crippen LogP contribution >= 0.6 is 24.0 Å². The van der Waals surface area contributed by atoms with Crippen LogP contribution in [0, 0.1) is 0 Å². The van der Waals surface area contributed by atoms with Crippen LogP contribution in [0.2, 0.25) is 0 Å². The van der Waals surface area contributed by atoms with Crippen molar-refractivity contribution in [3.05, 3.63) is 23.9 Å². The van der Waals surface area contributed by atoms with Gasteiger partial charge in [-0.1, -0.05) is 0 Å². The minimum Gasteiger partial charge on any atom is -0.357 e. The van der Waals surface area contributed by atoms with E-state index in [0.29, 0.717) is 0 Å². The molecule has 5 nitrogen and oxygen atoms in total. The van der Waals surface area contributed by atoms with E-state index < -0.39 is 0 Å². The molecular weight excluding hydrogens is 365 g/mol. The van der Waals surface area contributed by atoms with E-state index in [2.05, 4.69) is 37.6 Å². The number of nitrogens with one attached hydrogen (secondary N) is 2. The highest BCUT2D eigenvalue weighted by molar-refractivity contribution is 14.0. The van der Waals surface area contributed by atoms with E-state index in [9.17, 15) is 0 Å². The minimum atomic E-state index is 0. The molecule has 0 saturated carbocycles. The largest absolute Gasteiger partial charge is 0.357 e. The topological polar surface area (TPSA) is 52.6 Å². The Kier molecular flexibility index (Phi) is 5.87. The van der Waals surface area contributed by atoms with Crippen LogP contribution in [-0.4, -0.2) is 37.1 Å². The number of nitrogens with zero attached hydrogens (tertiary/aromatic N) is 3. The molecule has 3 heterocycles. The number of hydrogen-bond donors (Lipinski definition) is 2. The third kappa shape index (κ3) is 3.97. The lowest BCUT2D eigenvalue weighted by atomic mass is 10.2. The zero-order valence-electron chi connectivity index (χ0n) is 11.6. The molecule has 0 aliphatic carbocycles. The molecule has 1 fully saturated rings. The fourth-order valence-electron chi connectivity index (χ4n) is 2.53. The van der Waals surface area contributed by atoms with Crippen LogP contribution in [-0.2, 0) is 6.54 Å². The Hall–Kier alpha value is -1.05.